The zero-order valence-corrected chi connectivity index (χ0v) is 18.4. The van der Waals surface area contributed by atoms with Crippen molar-refractivity contribution >= 4 is 17.6 Å². The van der Waals surface area contributed by atoms with Crippen LogP contribution >= 0.6 is 0 Å². The van der Waals surface area contributed by atoms with Crippen LogP contribution in [0, 0.1) is 0 Å². The number of aromatic nitrogens is 2. The van der Waals surface area contributed by atoms with Crippen LogP contribution in [-0.2, 0) is 28.5 Å². The van der Waals surface area contributed by atoms with Gasteiger partial charge in [0.25, 0.3) is 5.91 Å². The van der Waals surface area contributed by atoms with E-state index in [0.29, 0.717) is 30.9 Å². The van der Waals surface area contributed by atoms with Crippen LogP contribution in [0.4, 0.5) is 5.82 Å². The molecule has 0 radical (unpaired) electrons. The topological polar surface area (TPSA) is 84.0 Å². The van der Waals surface area contributed by atoms with Gasteiger partial charge in [-0.2, -0.15) is 0 Å². The third-order valence-corrected chi connectivity index (χ3v) is 7.82. The van der Waals surface area contributed by atoms with Crippen LogP contribution < -0.4 is 10.6 Å². The molecule has 2 amide bonds. The molecule has 2 aromatic heterocycles. The number of amides is 2. The summed E-state index contributed by atoms with van der Waals surface area (Å²) in [6.45, 7) is 0.611. The molecule has 3 aromatic rings. The SMILES string of the molecule is O=C(NCC1(c2ccccc2)CCCC1)c1cc2c(cn1)CC1(C2)C(=O)Nc2ncccc21. The normalized spacial score (nSPS) is 22.1. The summed E-state index contributed by atoms with van der Waals surface area (Å²) in [5.74, 6) is 0.465. The predicted molar refractivity (Wildman–Crippen MR) is 125 cm³/mol. The van der Waals surface area contributed by atoms with Crippen molar-refractivity contribution in [2.45, 2.75) is 49.4 Å². The molecule has 6 rings (SSSR count). The minimum atomic E-state index is -0.649. The summed E-state index contributed by atoms with van der Waals surface area (Å²) in [6.07, 6.45) is 9.13. The molecule has 6 heteroatoms. The van der Waals surface area contributed by atoms with E-state index in [1.807, 2.05) is 24.3 Å². The van der Waals surface area contributed by atoms with Crippen molar-refractivity contribution in [3.8, 4) is 0 Å². The van der Waals surface area contributed by atoms with E-state index in [9.17, 15) is 9.59 Å². The average molecular weight is 439 g/mol. The molecule has 1 unspecified atom stereocenters. The summed E-state index contributed by atoms with van der Waals surface area (Å²) < 4.78 is 0. The minimum absolute atomic E-state index is 0.00362. The first-order valence-electron chi connectivity index (χ1n) is 11.7. The number of rotatable bonds is 4. The second-order valence-electron chi connectivity index (χ2n) is 9.66. The lowest BCUT2D eigenvalue weighted by Gasteiger charge is -2.30. The number of pyridine rings is 2. The maximum atomic E-state index is 13.1. The third kappa shape index (κ3) is 3.16. The number of anilines is 1. The molecule has 0 bridgehead atoms. The van der Waals surface area contributed by atoms with Gasteiger partial charge in [-0.05, 0) is 54.5 Å². The van der Waals surface area contributed by atoms with Crippen LogP contribution in [0.5, 0.6) is 0 Å². The number of carbonyl (C=O) groups is 2. The number of nitrogens with zero attached hydrogens (tertiary/aromatic N) is 2. The van der Waals surface area contributed by atoms with Gasteiger partial charge in [-0.15, -0.1) is 0 Å². The lowest BCUT2D eigenvalue weighted by atomic mass is 9.79. The van der Waals surface area contributed by atoms with E-state index in [0.717, 1.165) is 29.5 Å². The maximum absolute atomic E-state index is 13.1. The number of hydrogen-bond donors (Lipinski definition) is 2. The fourth-order valence-corrected chi connectivity index (χ4v) is 6.03. The number of nitrogens with one attached hydrogen (secondary N) is 2. The fourth-order valence-electron chi connectivity index (χ4n) is 6.03. The van der Waals surface area contributed by atoms with Crippen molar-refractivity contribution in [2.75, 3.05) is 11.9 Å². The Hall–Kier alpha value is -3.54. The number of hydrogen-bond acceptors (Lipinski definition) is 4. The first kappa shape index (κ1) is 20.1. The van der Waals surface area contributed by atoms with Gasteiger partial charge in [-0.3, -0.25) is 14.6 Å². The first-order chi connectivity index (χ1) is 16.1. The molecule has 1 aliphatic heterocycles. The van der Waals surface area contributed by atoms with Crippen LogP contribution in [0.3, 0.4) is 0 Å². The third-order valence-electron chi connectivity index (χ3n) is 7.82. The number of carbonyl (C=O) groups excluding carboxylic acids is 2. The molecule has 1 spiro atoms. The van der Waals surface area contributed by atoms with E-state index < -0.39 is 5.41 Å². The Balaban J connectivity index is 1.22. The van der Waals surface area contributed by atoms with E-state index in [1.165, 1.54) is 18.4 Å². The summed E-state index contributed by atoms with van der Waals surface area (Å²) in [6, 6.07) is 16.2. The smallest absolute Gasteiger partial charge is 0.269 e. The van der Waals surface area contributed by atoms with Crippen molar-refractivity contribution in [2.24, 2.45) is 0 Å². The quantitative estimate of drug-likeness (QED) is 0.651. The molecule has 3 aliphatic rings. The van der Waals surface area contributed by atoms with Crippen LogP contribution in [0.2, 0.25) is 0 Å². The summed E-state index contributed by atoms with van der Waals surface area (Å²) in [5, 5.41) is 6.09. The molecule has 1 saturated carbocycles. The van der Waals surface area contributed by atoms with Crippen molar-refractivity contribution in [3.63, 3.8) is 0 Å². The average Bonchev–Trinajstić information content (AvgIpc) is 3.55. The molecule has 0 saturated heterocycles. The Bertz CT molecular complexity index is 1250. The highest BCUT2D eigenvalue weighted by Crippen LogP contribution is 2.46. The molecular formula is C27H26N4O2. The van der Waals surface area contributed by atoms with Crippen LogP contribution in [0.15, 0.2) is 60.9 Å². The van der Waals surface area contributed by atoms with Crippen LogP contribution in [-0.4, -0.2) is 28.3 Å². The van der Waals surface area contributed by atoms with E-state index in [1.54, 1.807) is 12.4 Å². The molecule has 2 N–H and O–H groups in total. The van der Waals surface area contributed by atoms with E-state index in [4.69, 9.17) is 0 Å². The summed E-state index contributed by atoms with van der Waals surface area (Å²) in [7, 11) is 0. The minimum Gasteiger partial charge on any atom is -0.350 e. The standard InChI is InChI=1S/C27H26N4O2/c32-24(30-17-26(10-4-5-11-26)20-7-2-1-3-8-20)22-13-18-14-27(15-19(18)16-29-22)21-9-6-12-28-23(21)31-25(27)33/h1-3,6-9,12-13,16H,4-5,10-11,14-15,17H2,(H,30,32)(H,28,31,33). The van der Waals surface area contributed by atoms with Gasteiger partial charge >= 0.3 is 0 Å². The van der Waals surface area contributed by atoms with Crippen molar-refractivity contribution in [1.82, 2.24) is 15.3 Å². The van der Waals surface area contributed by atoms with Gasteiger partial charge in [0, 0.05) is 29.9 Å². The first-order valence-corrected chi connectivity index (χ1v) is 11.7. The molecule has 33 heavy (non-hydrogen) atoms. The Morgan fingerprint density at radius 1 is 1.00 bits per heavy atom. The van der Waals surface area contributed by atoms with Crippen molar-refractivity contribution in [3.05, 3.63) is 88.9 Å². The largest absolute Gasteiger partial charge is 0.350 e. The van der Waals surface area contributed by atoms with Gasteiger partial charge in [0.05, 0.1) is 5.41 Å². The zero-order valence-electron chi connectivity index (χ0n) is 18.4. The fraction of sp³-hybridized carbons (Fsp3) is 0.333. The molecule has 1 atom stereocenters. The lowest BCUT2D eigenvalue weighted by Crippen LogP contribution is -2.39. The van der Waals surface area contributed by atoms with Gasteiger partial charge in [-0.25, -0.2) is 4.98 Å². The highest BCUT2D eigenvalue weighted by atomic mass is 16.2. The van der Waals surface area contributed by atoms with Crippen molar-refractivity contribution < 1.29 is 9.59 Å². The Labute approximate surface area is 192 Å². The second-order valence-corrected chi connectivity index (χ2v) is 9.66. The summed E-state index contributed by atoms with van der Waals surface area (Å²) >= 11 is 0. The van der Waals surface area contributed by atoms with Gasteiger partial charge in [0.15, 0.2) is 0 Å². The molecule has 1 fully saturated rings. The Morgan fingerprint density at radius 3 is 2.61 bits per heavy atom. The van der Waals surface area contributed by atoms with Gasteiger partial charge in [0.2, 0.25) is 5.91 Å². The molecule has 1 aromatic carbocycles. The predicted octanol–water partition coefficient (Wildman–Crippen LogP) is 3.71. The van der Waals surface area contributed by atoms with E-state index >= 15 is 0 Å². The second kappa shape index (κ2) is 7.51. The molecular weight excluding hydrogens is 412 g/mol. The number of benzene rings is 1. The molecule has 3 heterocycles. The zero-order chi connectivity index (χ0) is 22.5. The highest BCUT2D eigenvalue weighted by molar-refractivity contribution is 6.06. The lowest BCUT2D eigenvalue weighted by molar-refractivity contribution is -0.120. The maximum Gasteiger partial charge on any atom is 0.269 e. The van der Waals surface area contributed by atoms with E-state index in [-0.39, 0.29) is 17.2 Å². The van der Waals surface area contributed by atoms with Gasteiger partial charge in [-0.1, -0.05) is 49.2 Å². The van der Waals surface area contributed by atoms with Gasteiger partial charge < -0.3 is 10.6 Å². The Kier molecular flexibility index (Phi) is 4.57. The highest BCUT2D eigenvalue weighted by Gasteiger charge is 2.51. The van der Waals surface area contributed by atoms with Crippen LogP contribution in [0.1, 0.15) is 58.4 Å². The van der Waals surface area contributed by atoms with Gasteiger partial charge in [0.1, 0.15) is 11.5 Å². The molecule has 166 valence electrons. The van der Waals surface area contributed by atoms with E-state index in [2.05, 4.69) is 44.9 Å². The Morgan fingerprint density at radius 2 is 1.79 bits per heavy atom. The molecule has 6 nitrogen and oxygen atoms in total. The monoisotopic (exact) mass is 438 g/mol. The summed E-state index contributed by atoms with van der Waals surface area (Å²) in [4.78, 5) is 34.8. The summed E-state index contributed by atoms with van der Waals surface area (Å²) in [5.41, 5.74) is 4.03. The van der Waals surface area contributed by atoms with Crippen LogP contribution in [0.25, 0.3) is 0 Å². The van der Waals surface area contributed by atoms with Crippen molar-refractivity contribution in [1.29, 1.82) is 0 Å². The molecule has 2 aliphatic carbocycles. The number of fused-ring (bicyclic) bond motifs is 3.